The number of carbonyl (C=O) groups is 2. The maximum atomic E-state index is 12.8. The average Bonchev–Trinajstić information content (AvgIpc) is 3.22. The Hall–Kier alpha value is -3.75. The van der Waals surface area contributed by atoms with Crippen molar-refractivity contribution in [2.75, 3.05) is 26.0 Å². The van der Waals surface area contributed by atoms with Crippen molar-refractivity contribution in [2.24, 2.45) is 0 Å². The zero-order valence-corrected chi connectivity index (χ0v) is 14.9. The van der Waals surface area contributed by atoms with E-state index in [0.717, 1.165) is 0 Å². The minimum atomic E-state index is -0.314. The molecule has 0 radical (unpaired) electrons. The predicted molar refractivity (Wildman–Crippen MR) is 97.7 cm³/mol. The van der Waals surface area contributed by atoms with Crippen molar-refractivity contribution in [1.82, 2.24) is 25.1 Å². The van der Waals surface area contributed by atoms with Crippen LogP contribution in [0.1, 0.15) is 10.4 Å². The molecule has 3 aromatic rings. The maximum Gasteiger partial charge on any atom is 0.256 e. The molecular formula is C18H18N6O3. The fourth-order valence-corrected chi connectivity index (χ4v) is 2.49. The molecule has 1 heterocycles. The zero-order chi connectivity index (χ0) is 19.2. The lowest BCUT2D eigenvalue weighted by atomic mass is 10.1. The Morgan fingerprint density at radius 3 is 2.56 bits per heavy atom. The lowest BCUT2D eigenvalue weighted by molar-refractivity contribution is -0.116. The zero-order valence-electron chi connectivity index (χ0n) is 14.9. The number of amides is 2. The van der Waals surface area contributed by atoms with Crippen LogP contribution in [0.4, 0.5) is 5.69 Å². The van der Waals surface area contributed by atoms with Crippen molar-refractivity contribution in [3.8, 4) is 11.4 Å². The van der Waals surface area contributed by atoms with Gasteiger partial charge in [-0.3, -0.25) is 9.59 Å². The van der Waals surface area contributed by atoms with Crippen LogP contribution in [0.15, 0.2) is 54.9 Å². The molecule has 0 bridgehead atoms. The second-order valence-corrected chi connectivity index (χ2v) is 5.71. The second kappa shape index (κ2) is 8.09. The predicted octanol–water partition coefficient (Wildman–Crippen LogP) is 1.38. The minimum Gasteiger partial charge on any atom is -0.497 e. The molecule has 0 aliphatic rings. The van der Waals surface area contributed by atoms with E-state index < -0.39 is 0 Å². The maximum absolute atomic E-state index is 12.8. The fourth-order valence-electron chi connectivity index (χ4n) is 2.49. The molecule has 3 rings (SSSR count). The van der Waals surface area contributed by atoms with E-state index in [4.69, 9.17) is 4.74 Å². The molecule has 27 heavy (non-hydrogen) atoms. The fraction of sp³-hybridized carbons (Fsp3) is 0.167. The van der Waals surface area contributed by atoms with Gasteiger partial charge in [-0.25, -0.2) is 0 Å². The molecule has 0 unspecified atom stereocenters. The summed E-state index contributed by atoms with van der Waals surface area (Å²) in [5.74, 6) is 0.0707. The normalized spacial score (nSPS) is 10.3. The monoisotopic (exact) mass is 366 g/mol. The number of tetrazole rings is 1. The topological polar surface area (TPSA) is 102 Å². The molecule has 0 saturated heterocycles. The van der Waals surface area contributed by atoms with Crippen LogP contribution in [-0.4, -0.2) is 57.6 Å². The van der Waals surface area contributed by atoms with Gasteiger partial charge in [-0.15, -0.1) is 5.10 Å². The number of rotatable bonds is 6. The van der Waals surface area contributed by atoms with Crippen molar-refractivity contribution in [1.29, 1.82) is 0 Å². The van der Waals surface area contributed by atoms with Gasteiger partial charge >= 0.3 is 0 Å². The van der Waals surface area contributed by atoms with E-state index in [1.807, 2.05) is 0 Å². The lowest BCUT2D eigenvalue weighted by Crippen LogP contribution is -2.35. The third-order valence-electron chi connectivity index (χ3n) is 3.83. The van der Waals surface area contributed by atoms with Gasteiger partial charge in [-0.05, 0) is 46.8 Å². The van der Waals surface area contributed by atoms with Crippen molar-refractivity contribution in [3.05, 3.63) is 60.4 Å². The Balaban J connectivity index is 1.68. The summed E-state index contributed by atoms with van der Waals surface area (Å²) < 4.78 is 6.48. The molecule has 9 heteroatoms. The van der Waals surface area contributed by atoms with Gasteiger partial charge in [0.05, 0.1) is 24.9 Å². The van der Waals surface area contributed by atoms with Crippen LogP contribution in [0, 0.1) is 0 Å². The second-order valence-electron chi connectivity index (χ2n) is 5.71. The summed E-state index contributed by atoms with van der Waals surface area (Å²) in [7, 11) is 3.13. The van der Waals surface area contributed by atoms with Gasteiger partial charge in [0.2, 0.25) is 5.91 Å². The number of nitrogens with zero attached hydrogens (tertiary/aromatic N) is 5. The lowest BCUT2D eigenvalue weighted by Gasteiger charge is -2.18. The first-order valence-corrected chi connectivity index (χ1v) is 8.10. The van der Waals surface area contributed by atoms with E-state index in [0.29, 0.717) is 22.7 Å². The van der Waals surface area contributed by atoms with Crippen molar-refractivity contribution in [2.45, 2.75) is 0 Å². The van der Waals surface area contributed by atoms with Crippen LogP contribution in [0.25, 0.3) is 5.69 Å². The molecule has 0 saturated carbocycles. The van der Waals surface area contributed by atoms with Gasteiger partial charge in [0.25, 0.3) is 5.91 Å². The molecule has 0 fully saturated rings. The number of benzene rings is 2. The van der Waals surface area contributed by atoms with Crippen molar-refractivity contribution < 1.29 is 14.3 Å². The number of anilines is 1. The first-order chi connectivity index (χ1) is 13.1. The number of nitrogens with one attached hydrogen (secondary N) is 1. The van der Waals surface area contributed by atoms with Crippen LogP contribution < -0.4 is 10.1 Å². The molecular weight excluding hydrogens is 348 g/mol. The van der Waals surface area contributed by atoms with Gasteiger partial charge in [0.1, 0.15) is 12.1 Å². The summed E-state index contributed by atoms with van der Waals surface area (Å²) in [4.78, 5) is 26.4. The SMILES string of the molecule is COc1ccc(NC(=O)CN(C)C(=O)c2ccccc2-n2cnnn2)cc1. The smallest absolute Gasteiger partial charge is 0.256 e. The summed E-state index contributed by atoms with van der Waals surface area (Å²) in [6, 6.07) is 13.9. The summed E-state index contributed by atoms with van der Waals surface area (Å²) in [5.41, 5.74) is 1.55. The van der Waals surface area contributed by atoms with E-state index in [1.165, 1.54) is 15.9 Å². The highest BCUT2D eigenvalue weighted by Crippen LogP contribution is 2.16. The van der Waals surface area contributed by atoms with E-state index in [9.17, 15) is 9.59 Å². The number of likely N-dealkylation sites (N-methyl/N-ethyl adjacent to an activating group) is 1. The summed E-state index contributed by atoms with van der Waals surface area (Å²) in [5, 5.41) is 13.7. The van der Waals surface area contributed by atoms with Crippen LogP contribution in [0.2, 0.25) is 0 Å². The highest BCUT2D eigenvalue weighted by atomic mass is 16.5. The number of methoxy groups -OCH3 is 1. The van der Waals surface area contributed by atoms with E-state index in [2.05, 4.69) is 20.8 Å². The van der Waals surface area contributed by atoms with Gasteiger partial charge in [0.15, 0.2) is 0 Å². The number of hydrogen-bond donors (Lipinski definition) is 1. The largest absolute Gasteiger partial charge is 0.497 e. The number of ether oxygens (including phenoxy) is 1. The molecule has 1 N–H and O–H groups in total. The Labute approximate surface area is 155 Å². The molecule has 2 amide bonds. The standard InChI is InChI=1S/C18H18N6O3/c1-23(11-17(25)20-13-7-9-14(27-2)10-8-13)18(26)15-5-3-4-6-16(15)24-12-19-21-22-24/h3-10,12H,11H2,1-2H3,(H,20,25). The highest BCUT2D eigenvalue weighted by Gasteiger charge is 2.19. The molecule has 0 aliphatic carbocycles. The first kappa shape index (κ1) is 18.1. The molecule has 1 aromatic heterocycles. The molecule has 0 aliphatic heterocycles. The molecule has 9 nitrogen and oxygen atoms in total. The van der Waals surface area contributed by atoms with Crippen molar-refractivity contribution in [3.63, 3.8) is 0 Å². The van der Waals surface area contributed by atoms with E-state index in [-0.39, 0.29) is 18.4 Å². The van der Waals surface area contributed by atoms with Crippen LogP contribution in [-0.2, 0) is 4.79 Å². The summed E-state index contributed by atoms with van der Waals surface area (Å²) in [6.07, 6.45) is 1.41. The third-order valence-corrected chi connectivity index (χ3v) is 3.83. The molecule has 138 valence electrons. The van der Waals surface area contributed by atoms with Crippen LogP contribution in [0.3, 0.4) is 0 Å². The van der Waals surface area contributed by atoms with Gasteiger partial charge in [0, 0.05) is 12.7 Å². The number of carbonyl (C=O) groups excluding carboxylic acids is 2. The van der Waals surface area contributed by atoms with Gasteiger partial charge in [-0.2, -0.15) is 4.68 Å². The Morgan fingerprint density at radius 2 is 1.89 bits per heavy atom. The highest BCUT2D eigenvalue weighted by molar-refractivity contribution is 6.01. The number of hydrogen-bond acceptors (Lipinski definition) is 6. The average molecular weight is 366 g/mol. The van der Waals surface area contributed by atoms with Gasteiger partial charge in [-0.1, -0.05) is 12.1 Å². The van der Waals surface area contributed by atoms with Gasteiger partial charge < -0.3 is 15.0 Å². The Morgan fingerprint density at radius 1 is 1.15 bits per heavy atom. The molecule has 2 aromatic carbocycles. The third kappa shape index (κ3) is 4.27. The number of para-hydroxylation sites is 1. The van der Waals surface area contributed by atoms with E-state index in [1.54, 1.807) is 62.7 Å². The summed E-state index contributed by atoms with van der Waals surface area (Å²) in [6.45, 7) is -0.102. The number of aromatic nitrogens is 4. The Kier molecular flexibility index (Phi) is 5.41. The quantitative estimate of drug-likeness (QED) is 0.707. The molecule has 0 atom stereocenters. The van der Waals surface area contributed by atoms with Crippen molar-refractivity contribution >= 4 is 17.5 Å². The Bertz CT molecular complexity index is 925. The minimum absolute atomic E-state index is 0.102. The van der Waals surface area contributed by atoms with E-state index >= 15 is 0 Å². The first-order valence-electron chi connectivity index (χ1n) is 8.10. The van der Waals surface area contributed by atoms with Crippen LogP contribution >= 0.6 is 0 Å². The summed E-state index contributed by atoms with van der Waals surface area (Å²) >= 11 is 0. The van der Waals surface area contributed by atoms with Crippen LogP contribution in [0.5, 0.6) is 5.75 Å². The molecule has 0 spiro atoms.